The fraction of sp³-hybridized carbons (Fsp3) is 0.643. The lowest BCUT2D eigenvalue weighted by atomic mass is 9.82. The van der Waals surface area contributed by atoms with Crippen molar-refractivity contribution in [3.05, 3.63) is 18.5 Å². The Morgan fingerprint density at radius 2 is 2.00 bits per heavy atom. The van der Waals surface area contributed by atoms with Crippen LogP contribution in [0.4, 0.5) is 20.7 Å². The summed E-state index contributed by atoms with van der Waals surface area (Å²) in [4.78, 5) is 22.6. The fourth-order valence-electron chi connectivity index (χ4n) is 6.63. The number of nitrogens with one attached hydrogen (secondary N) is 3. The molecule has 0 aromatic carbocycles. The Morgan fingerprint density at radius 1 is 1.18 bits per heavy atom. The van der Waals surface area contributed by atoms with Gasteiger partial charge in [0.25, 0.3) is 0 Å². The molecule has 8 rings (SSSR count). The zero-order chi connectivity index (χ0) is 26.4. The second-order valence-corrected chi connectivity index (χ2v) is 12.8. The topological polar surface area (TPSA) is 107 Å². The number of amides is 2. The molecule has 2 amide bonds. The van der Waals surface area contributed by atoms with Crippen molar-refractivity contribution < 1.29 is 9.18 Å². The summed E-state index contributed by atoms with van der Waals surface area (Å²) in [6, 6.07) is 1.88. The number of carbonyl (C=O) groups excluding carboxylic acids is 1. The van der Waals surface area contributed by atoms with Crippen molar-refractivity contribution in [1.82, 2.24) is 35.2 Å². The number of pyridine rings is 1. The third-order valence-electron chi connectivity index (χ3n) is 10.0. The van der Waals surface area contributed by atoms with Crippen LogP contribution < -0.4 is 15.5 Å². The highest BCUT2D eigenvalue weighted by molar-refractivity contribution is 5.96. The number of alkyl halides is 1. The first-order valence-electron chi connectivity index (χ1n) is 14.6. The van der Waals surface area contributed by atoms with Crippen LogP contribution >= 0.6 is 0 Å². The van der Waals surface area contributed by atoms with Gasteiger partial charge < -0.3 is 20.4 Å². The number of hydrogen-bond donors (Lipinski definition) is 3. The number of halogens is 1. The number of nitrogens with zero attached hydrogens (tertiary/aromatic N) is 6. The largest absolute Gasteiger partial charge is 0.354 e. The second kappa shape index (κ2) is 8.16. The van der Waals surface area contributed by atoms with Gasteiger partial charge in [-0.2, -0.15) is 10.2 Å². The Bertz CT molecular complexity index is 1440. The highest BCUT2D eigenvalue weighted by Gasteiger charge is 2.59. The summed E-state index contributed by atoms with van der Waals surface area (Å²) in [5, 5.41) is 19.9. The van der Waals surface area contributed by atoms with Gasteiger partial charge in [-0.15, -0.1) is 0 Å². The van der Waals surface area contributed by atoms with E-state index in [1.807, 2.05) is 21.8 Å². The van der Waals surface area contributed by atoms with E-state index < -0.39 is 5.67 Å². The molecular weight excluding hydrogens is 497 g/mol. The van der Waals surface area contributed by atoms with Gasteiger partial charge in [-0.3, -0.25) is 14.8 Å². The summed E-state index contributed by atoms with van der Waals surface area (Å²) in [7, 11) is 0. The standard InChI is InChI=1S/C28H36FN9O/c1-2-18-13-36(14-18)24-19-11-30-20(10-22(19)38(35-24)16-26(29)4-3-5-26)23-21(12-32-34-23)33-25(39)37-17-27(6-7-27)31-15-28(37)8-9-28/h10-12,18,31H,2-9,13-17H2,1H3,(H,32,34)(H,33,39). The Hall–Kier alpha value is -3.21. The van der Waals surface area contributed by atoms with Crippen LogP contribution in [-0.4, -0.2) is 78.8 Å². The third-order valence-corrected chi connectivity index (χ3v) is 10.0. The molecule has 206 valence electrons. The van der Waals surface area contributed by atoms with Gasteiger partial charge in [-0.05, 0) is 63.4 Å². The summed E-state index contributed by atoms with van der Waals surface area (Å²) in [6.45, 7) is 6.02. The maximum atomic E-state index is 15.3. The molecule has 5 fully saturated rings. The number of aromatic amines is 1. The van der Waals surface area contributed by atoms with E-state index in [1.165, 1.54) is 0 Å². The van der Waals surface area contributed by atoms with E-state index in [0.717, 1.165) is 81.4 Å². The summed E-state index contributed by atoms with van der Waals surface area (Å²) >= 11 is 0. The highest BCUT2D eigenvalue weighted by atomic mass is 19.1. The van der Waals surface area contributed by atoms with Crippen molar-refractivity contribution in [3.63, 3.8) is 0 Å². The molecule has 3 aromatic heterocycles. The van der Waals surface area contributed by atoms with Crippen LogP contribution in [0.25, 0.3) is 22.3 Å². The lowest BCUT2D eigenvalue weighted by Crippen LogP contribution is -2.62. The number of aromatic nitrogens is 5. The number of fused-ring (bicyclic) bond motifs is 1. The van der Waals surface area contributed by atoms with Gasteiger partial charge in [0.2, 0.25) is 0 Å². The minimum atomic E-state index is -1.20. The number of anilines is 2. The van der Waals surface area contributed by atoms with Crippen LogP contribution in [0.1, 0.15) is 58.3 Å². The third kappa shape index (κ3) is 3.83. The minimum Gasteiger partial charge on any atom is -0.354 e. The van der Waals surface area contributed by atoms with Crippen molar-refractivity contribution >= 4 is 28.4 Å². The molecular formula is C28H36FN9O. The first-order valence-corrected chi connectivity index (χ1v) is 14.6. The zero-order valence-electron chi connectivity index (χ0n) is 22.5. The molecule has 0 bridgehead atoms. The maximum absolute atomic E-state index is 15.3. The lowest BCUT2D eigenvalue weighted by molar-refractivity contribution is 0.0418. The molecule has 39 heavy (non-hydrogen) atoms. The smallest absolute Gasteiger partial charge is 0.322 e. The molecule has 2 aliphatic heterocycles. The number of piperazine rings is 1. The van der Waals surface area contributed by atoms with Gasteiger partial charge in [0.1, 0.15) is 11.4 Å². The van der Waals surface area contributed by atoms with Crippen molar-refractivity contribution in [2.75, 3.05) is 36.4 Å². The predicted molar refractivity (Wildman–Crippen MR) is 146 cm³/mol. The van der Waals surface area contributed by atoms with E-state index in [9.17, 15) is 4.79 Å². The molecule has 3 N–H and O–H groups in total. The molecule has 10 nitrogen and oxygen atoms in total. The van der Waals surface area contributed by atoms with E-state index in [1.54, 1.807) is 6.20 Å². The molecule has 2 saturated heterocycles. The number of hydrogen-bond acceptors (Lipinski definition) is 6. The van der Waals surface area contributed by atoms with Gasteiger partial charge in [0.05, 0.1) is 40.6 Å². The molecule has 2 spiro atoms. The van der Waals surface area contributed by atoms with Crippen molar-refractivity contribution in [2.24, 2.45) is 5.92 Å². The molecule has 0 unspecified atom stereocenters. The van der Waals surface area contributed by atoms with Crippen LogP contribution in [0.3, 0.4) is 0 Å². The molecule has 5 heterocycles. The van der Waals surface area contributed by atoms with Crippen molar-refractivity contribution in [2.45, 2.75) is 81.6 Å². The van der Waals surface area contributed by atoms with E-state index in [0.29, 0.717) is 35.8 Å². The molecule has 3 aliphatic carbocycles. The van der Waals surface area contributed by atoms with Gasteiger partial charge in [0, 0.05) is 37.9 Å². The molecule has 0 atom stereocenters. The van der Waals surface area contributed by atoms with Crippen molar-refractivity contribution in [3.8, 4) is 11.4 Å². The average Bonchev–Trinajstić information content (AvgIpc) is 3.75. The summed E-state index contributed by atoms with van der Waals surface area (Å²) in [5.41, 5.74) is 1.62. The number of urea groups is 1. The highest BCUT2D eigenvalue weighted by Crippen LogP contribution is 2.50. The SMILES string of the molecule is CCC1CN(c2nn(CC3(F)CCC3)c3cc(-c4[nH]ncc4NC(=O)N4CC5(CC5)NCC45CC5)ncc23)C1. The van der Waals surface area contributed by atoms with Crippen LogP contribution in [0.2, 0.25) is 0 Å². The van der Waals surface area contributed by atoms with Crippen LogP contribution in [-0.2, 0) is 6.54 Å². The maximum Gasteiger partial charge on any atom is 0.322 e. The second-order valence-electron chi connectivity index (χ2n) is 12.8. The number of rotatable bonds is 6. The zero-order valence-corrected chi connectivity index (χ0v) is 22.5. The van der Waals surface area contributed by atoms with Crippen LogP contribution in [0, 0.1) is 5.92 Å². The molecule has 3 saturated carbocycles. The van der Waals surface area contributed by atoms with Gasteiger partial charge >= 0.3 is 6.03 Å². The first kappa shape index (κ1) is 23.7. The Labute approximate surface area is 226 Å². The average molecular weight is 534 g/mol. The predicted octanol–water partition coefficient (Wildman–Crippen LogP) is 4.06. The van der Waals surface area contributed by atoms with E-state index >= 15 is 4.39 Å². The minimum absolute atomic E-state index is 0.0562. The van der Waals surface area contributed by atoms with Crippen LogP contribution in [0.5, 0.6) is 0 Å². The monoisotopic (exact) mass is 533 g/mol. The summed E-state index contributed by atoms with van der Waals surface area (Å²) < 4.78 is 17.1. The first-order chi connectivity index (χ1) is 18.9. The quantitative estimate of drug-likeness (QED) is 0.441. The normalized spacial score (nSPS) is 24.2. The number of carbonyl (C=O) groups is 1. The van der Waals surface area contributed by atoms with E-state index in [2.05, 4.69) is 32.7 Å². The Morgan fingerprint density at radius 3 is 2.69 bits per heavy atom. The molecule has 11 heteroatoms. The lowest BCUT2D eigenvalue weighted by Gasteiger charge is -2.41. The Balaban J connectivity index is 1.10. The van der Waals surface area contributed by atoms with E-state index in [4.69, 9.17) is 10.1 Å². The van der Waals surface area contributed by atoms with Crippen molar-refractivity contribution in [1.29, 1.82) is 0 Å². The van der Waals surface area contributed by atoms with Gasteiger partial charge in [-0.1, -0.05) is 6.92 Å². The molecule has 5 aliphatic rings. The summed E-state index contributed by atoms with van der Waals surface area (Å²) in [6.07, 6.45) is 11.0. The fourth-order valence-corrected chi connectivity index (χ4v) is 6.63. The van der Waals surface area contributed by atoms with Gasteiger partial charge in [0.15, 0.2) is 5.82 Å². The molecule has 3 aromatic rings. The van der Waals surface area contributed by atoms with Crippen LogP contribution in [0.15, 0.2) is 18.5 Å². The number of H-pyrrole nitrogens is 1. The van der Waals surface area contributed by atoms with Gasteiger partial charge in [-0.25, -0.2) is 9.18 Å². The Kier molecular flexibility index (Phi) is 4.95. The van der Waals surface area contributed by atoms with E-state index in [-0.39, 0.29) is 23.7 Å². The molecule has 0 radical (unpaired) electrons. The summed E-state index contributed by atoms with van der Waals surface area (Å²) in [5.74, 6) is 1.56.